The Labute approximate surface area is 417 Å². The molecule has 0 aliphatic carbocycles. The van der Waals surface area contributed by atoms with Gasteiger partial charge in [-0.1, -0.05) is 218 Å². The minimum absolute atomic E-state index is 1.11. The SMILES string of the molecule is C=CC.c1ccc(-c2ccc(-c3ccc(N(c4ccccc4)c4ccc(-c5ccc(-c6ccc(-c7ccc(-c8ccc9c(c8)c8ccccc8n9-c8ccccc8)cc7)cc6)cc5)cc4)cc3)cc2)cc1. The minimum Gasteiger partial charge on any atom is -0.311 e. The summed E-state index contributed by atoms with van der Waals surface area (Å²) in [7, 11) is 0. The predicted octanol–water partition coefficient (Wildman–Crippen LogP) is 19.4. The van der Waals surface area contributed by atoms with Gasteiger partial charge in [-0.3, -0.25) is 0 Å². The normalized spacial score (nSPS) is 10.9. The van der Waals surface area contributed by atoms with Crippen LogP contribution in [-0.4, -0.2) is 4.57 Å². The van der Waals surface area contributed by atoms with Crippen molar-refractivity contribution >= 4 is 38.9 Å². The van der Waals surface area contributed by atoms with Gasteiger partial charge < -0.3 is 9.47 Å². The Hall–Kier alpha value is -9.24. The second-order valence-electron chi connectivity index (χ2n) is 17.8. The molecule has 0 saturated carbocycles. The molecule has 12 aromatic rings. The van der Waals surface area contributed by atoms with E-state index < -0.39 is 0 Å². The highest BCUT2D eigenvalue weighted by molar-refractivity contribution is 6.10. The molecule has 338 valence electrons. The van der Waals surface area contributed by atoms with Gasteiger partial charge in [0.1, 0.15) is 0 Å². The Bertz CT molecular complexity index is 3690. The van der Waals surface area contributed by atoms with E-state index in [0.717, 1.165) is 17.1 Å². The van der Waals surface area contributed by atoms with Crippen LogP contribution in [0.1, 0.15) is 6.92 Å². The molecule has 1 aromatic heterocycles. The maximum atomic E-state index is 3.36. The third-order valence-electron chi connectivity index (χ3n) is 13.3. The van der Waals surface area contributed by atoms with Gasteiger partial charge in [0.2, 0.25) is 0 Å². The topological polar surface area (TPSA) is 8.17 Å². The summed E-state index contributed by atoms with van der Waals surface area (Å²) in [5.41, 5.74) is 21.4. The summed E-state index contributed by atoms with van der Waals surface area (Å²) in [6.45, 7) is 5.25. The molecule has 0 fully saturated rings. The molecule has 0 saturated heterocycles. The third-order valence-corrected chi connectivity index (χ3v) is 13.3. The molecule has 1 heterocycles. The Morgan fingerprint density at radius 2 is 0.563 bits per heavy atom. The van der Waals surface area contributed by atoms with Crippen LogP contribution in [0.5, 0.6) is 0 Å². The minimum atomic E-state index is 1.11. The first-order valence-corrected chi connectivity index (χ1v) is 24.3. The molecule has 0 spiro atoms. The molecule has 12 rings (SSSR count). The second-order valence-corrected chi connectivity index (χ2v) is 17.8. The van der Waals surface area contributed by atoms with Crippen molar-refractivity contribution in [3.8, 4) is 72.4 Å². The summed E-state index contributed by atoms with van der Waals surface area (Å²) in [5.74, 6) is 0. The molecular formula is C69H52N2. The Kier molecular flexibility index (Phi) is 12.6. The van der Waals surface area contributed by atoms with Crippen molar-refractivity contribution in [1.29, 1.82) is 0 Å². The van der Waals surface area contributed by atoms with E-state index in [-0.39, 0.29) is 0 Å². The Morgan fingerprint density at radius 1 is 0.282 bits per heavy atom. The fraction of sp³-hybridized carbons (Fsp3) is 0.0145. The fourth-order valence-corrected chi connectivity index (χ4v) is 9.69. The Morgan fingerprint density at radius 3 is 0.986 bits per heavy atom. The second kappa shape index (κ2) is 20.2. The zero-order valence-corrected chi connectivity index (χ0v) is 39.7. The smallest absolute Gasteiger partial charge is 0.0541 e. The van der Waals surface area contributed by atoms with Gasteiger partial charge in [-0.05, 0) is 140 Å². The standard InChI is InChI=1S/C66H46N2.C3H6/c1-4-12-47(13-5-1)48-20-22-53(23-21-48)55-36-41-61(42-37-55)67(59-14-6-2-7-15-59)62-43-38-56(39-44-62)54-30-28-50(29-31-54)49-24-26-51(27-25-49)52-32-34-57(35-33-52)58-40-45-66-64(46-58)63-18-10-11-19-65(63)68(66)60-16-8-3-9-17-60;1-3-2/h1-46H;3H,1H2,2H3. The van der Waals surface area contributed by atoms with E-state index in [9.17, 15) is 0 Å². The molecule has 2 nitrogen and oxygen atoms in total. The quantitative estimate of drug-likeness (QED) is 0.124. The molecule has 0 amide bonds. The number of hydrogen-bond acceptors (Lipinski definition) is 1. The molecule has 2 heteroatoms. The molecule has 0 atom stereocenters. The maximum absolute atomic E-state index is 3.36. The van der Waals surface area contributed by atoms with Crippen LogP contribution in [0.15, 0.2) is 292 Å². The number of fused-ring (bicyclic) bond motifs is 3. The largest absolute Gasteiger partial charge is 0.311 e. The molecule has 0 unspecified atom stereocenters. The van der Waals surface area contributed by atoms with E-state index in [1.165, 1.54) is 94.3 Å². The van der Waals surface area contributed by atoms with Crippen molar-refractivity contribution in [2.24, 2.45) is 0 Å². The van der Waals surface area contributed by atoms with Crippen LogP contribution in [0.25, 0.3) is 94.3 Å². The van der Waals surface area contributed by atoms with Crippen LogP contribution in [0.3, 0.4) is 0 Å². The third kappa shape index (κ3) is 9.23. The van der Waals surface area contributed by atoms with Crippen molar-refractivity contribution < 1.29 is 0 Å². The number of hydrogen-bond donors (Lipinski definition) is 0. The highest BCUT2D eigenvalue weighted by Gasteiger charge is 2.15. The van der Waals surface area contributed by atoms with Crippen LogP contribution in [-0.2, 0) is 0 Å². The Balaban J connectivity index is 0.00000178. The number of benzene rings is 11. The monoisotopic (exact) mass is 908 g/mol. The number of para-hydroxylation sites is 3. The predicted molar refractivity (Wildman–Crippen MR) is 304 cm³/mol. The molecule has 0 bridgehead atoms. The van der Waals surface area contributed by atoms with Gasteiger partial charge in [0.05, 0.1) is 11.0 Å². The van der Waals surface area contributed by atoms with Gasteiger partial charge >= 0.3 is 0 Å². The molecule has 0 radical (unpaired) electrons. The number of allylic oxidation sites excluding steroid dienone is 1. The first-order valence-electron chi connectivity index (χ1n) is 24.3. The first kappa shape index (κ1) is 44.3. The summed E-state index contributed by atoms with van der Waals surface area (Å²) in [6.07, 6.45) is 1.75. The van der Waals surface area contributed by atoms with Gasteiger partial charge in [0.25, 0.3) is 0 Å². The fourth-order valence-electron chi connectivity index (χ4n) is 9.69. The number of rotatable bonds is 10. The van der Waals surface area contributed by atoms with Gasteiger partial charge in [0.15, 0.2) is 0 Å². The highest BCUT2D eigenvalue weighted by atomic mass is 15.1. The van der Waals surface area contributed by atoms with E-state index in [4.69, 9.17) is 0 Å². The lowest BCUT2D eigenvalue weighted by Gasteiger charge is -2.26. The van der Waals surface area contributed by atoms with E-state index in [0.29, 0.717) is 0 Å². The van der Waals surface area contributed by atoms with Crippen molar-refractivity contribution in [3.63, 3.8) is 0 Å². The number of anilines is 3. The molecular weight excluding hydrogens is 857 g/mol. The van der Waals surface area contributed by atoms with Crippen LogP contribution in [0.2, 0.25) is 0 Å². The molecule has 0 aliphatic heterocycles. The highest BCUT2D eigenvalue weighted by Crippen LogP contribution is 2.39. The zero-order chi connectivity index (χ0) is 47.9. The lowest BCUT2D eigenvalue weighted by molar-refractivity contribution is 1.18. The van der Waals surface area contributed by atoms with Gasteiger partial charge in [0, 0.05) is 33.5 Å². The van der Waals surface area contributed by atoms with Gasteiger partial charge in [-0.25, -0.2) is 0 Å². The average molecular weight is 909 g/mol. The van der Waals surface area contributed by atoms with Gasteiger partial charge in [-0.15, -0.1) is 6.58 Å². The van der Waals surface area contributed by atoms with Crippen molar-refractivity contribution in [2.45, 2.75) is 6.92 Å². The van der Waals surface area contributed by atoms with Crippen molar-refractivity contribution in [1.82, 2.24) is 4.57 Å². The van der Waals surface area contributed by atoms with Crippen LogP contribution >= 0.6 is 0 Å². The summed E-state index contributed by atoms with van der Waals surface area (Å²) in [5, 5.41) is 2.53. The lowest BCUT2D eigenvalue weighted by Crippen LogP contribution is -2.09. The number of nitrogens with zero attached hydrogens (tertiary/aromatic N) is 2. The molecule has 11 aromatic carbocycles. The molecule has 71 heavy (non-hydrogen) atoms. The van der Waals surface area contributed by atoms with Crippen molar-refractivity contribution in [2.75, 3.05) is 4.90 Å². The maximum Gasteiger partial charge on any atom is 0.0541 e. The summed E-state index contributed by atoms with van der Waals surface area (Å²) in [6, 6.07) is 101. The lowest BCUT2D eigenvalue weighted by atomic mass is 9.96. The van der Waals surface area contributed by atoms with E-state index in [1.807, 2.05) is 6.92 Å². The van der Waals surface area contributed by atoms with E-state index in [2.05, 4.69) is 295 Å². The summed E-state index contributed by atoms with van der Waals surface area (Å²) < 4.78 is 2.36. The summed E-state index contributed by atoms with van der Waals surface area (Å²) in [4.78, 5) is 2.32. The van der Waals surface area contributed by atoms with Crippen LogP contribution < -0.4 is 4.90 Å². The molecule has 0 N–H and O–H groups in total. The number of aromatic nitrogens is 1. The average Bonchev–Trinajstić information content (AvgIpc) is 3.78. The van der Waals surface area contributed by atoms with Crippen LogP contribution in [0.4, 0.5) is 17.1 Å². The van der Waals surface area contributed by atoms with E-state index in [1.54, 1.807) is 6.08 Å². The van der Waals surface area contributed by atoms with Crippen molar-refractivity contribution in [3.05, 3.63) is 292 Å². The van der Waals surface area contributed by atoms with E-state index >= 15 is 0 Å². The van der Waals surface area contributed by atoms with Crippen LogP contribution in [0, 0.1) is 0 Å². The van der Waals surface area contributed by atoms with Gasteiger partial charge in [-0.2, -0.15) is 0 Å². The first-order chi connectivity index (χ1) is 35.1. The molecule has 0 aliphatic rings. The summed E-state index contributed by atoms with van der Waals surface area (Å²) >= 11 is 0. The zero-order valence-electron chi connectivity index (χ0n) is 39.7.